The van der Waals surface area contributed by atoms with Gasteiger partial charge >= 0.3 is 5.97 Å². The summed E-state index contributed by atoms with van der Waals surface area (Å²) in [7, 11) is 0. The maximum Gasteiger partial charge on any atom is 0.305 e. The molecule has 0 saturated carbocycles. The lowest BCUT2D eigenvalue weighted by Gasteiger charge is -2.11. The fraction of sp³-hybridized carbons (Fsp3) is 0.263. The highest BCUT2D eigenvalue weighted by molar-refractivity contribution is 5.76. The molecule has 0 radical (unpaired) electrons. The van der Waals surface area contributed by atoms with Gasteiger partial charge in [-0.3, -0.25) is 4.79 Å². The van der Waals surface area contributed by atoms with Crippen molar-refractivity contribution in [2.45, 2.75) is 33.4 Å². The molecule has 0 aliphatic heterocycles. The molecule has 0 fully saturated rings. The number of imidazole rings is 1. The Labute approximate surface area is 140 Å². The number of para-hydroxylation sites is 2. The van der Waals surface area contributed by atoms with Crippen LogP contribution in [0, 0.1) is 13.8 Å². The number of fused-ring (bicyclic) bond motifs is 1. The van der Waals surface area contributed by atoms with Crippen LogP contribution < -0.4 is 4.74 Å². The van der Waals surface area contributed by atoms with Crippen LogP contribution in [-0.2, 0) is 17.9 Å². The molecule has 2 aromatic carbocycles. The van der Waals surface area contributed by atoms with E-state index in [0.717, 1.165) is 33.7 Å². The zero-order valence-electron chi connectivity index (χ0n) is 13.8. The molecule has 0 amide bonds. The van der Waals surface area contributed by atoms with Gasteiger partial charge in [0.05, 0.1) is 17.5 Å². The highest BCUT2D eigenvalue weighted by Gasteiger charge is 2.12. The average Bonchev–Trinajstić information content (AvgIpc) is 2.91. The van der Waals surface area contributed by atoms with Gasteiger partial charge < -0.3 is 14.4 Å². The summed E-state index contributed by atoms with van der Waals surface area (Å²) in [5.41, 5.74) is 3.98. The number of carbonyl (C=O) groups is 1. The topological polar surface area (TPSA) is 64.4 Å². The van der Waals surface area contributed by atoms with E-state index >= 15 is 0 Å². The van der Waals surface area contributed by atoms with Crippen LogP contribution in [0.1, 0.15) is 23.4 Å². The summed E-state index contributed by atoms with van der Waals surface area (Å²) in [6, 6.07) is 13.8. The molecule has 3 aromatic rings. The summed E-state index contributed by atoms with van der Waals surface area (Å²) in [6.07, 6.45) is 0.0524. The van der Waals surface area contributed by atoms with Crippen molar-refractivity contribution in [3.05, 3.63) is 59.4 Å². The van der Waals surface area contributed by atoms with E-state index in [-0.39, 0.29) is 6.42 Å². The number of aromatic nitrogens is 2. The van der Waals surface area contributed by atoms with Gasteiger partial charge in [0.2, 0.25) is 0 Å². The van der Waals surface area contributed by atoms with Gasteiger partial charge in [-0.25, -0.2) is 4.98 Å². The Kier molecular flexibility index (Phi) is 4.51. The monoisotopic (exact) mass is 324 g/mol. The summed E-state index contributed by atoms with van der Waals surface area (Å²) in [5, 5.41) is 8.99. The van der Waals surface area contributed by atoms with Crippen LogP contribution in [0.3, 0.4) is 0 Å². The maximum atomic E-state index is 10.9. The van der Waals surface area contributed by atoms with Gasteiger partial charge in [0.15, 0.2) is 0 Å². The molecular formula is C19H20N2O3. The number of carboxylic acids is 1. The third-order valence-corrected chi connectivity index (χ3v) is 3.98. The van der Waals surface area contributed by atoms with Crippen LogP contribution in [0.15, 0.2) is 42.5 Å². The first-order valence-electron chi connectivity index (χ1n) is 7.90. The number of ether oxygens (including phenoxy) is 1. The van der Waals surface area contributed by atoms with Crippen molar-refractivity contribution in [3.63, 3.8) is 0 Å². The predicted octanol–water partition coefficient (Wildman–Crippen LogP) is 3.71. The van der Waals surface area contributed by atoms with Gasteiger partial charge in [-0.2, -0.15) is 0 Å². The Balaban J connectivity index is 1.89. The van der Waals surface area contributed by atoms with Gasteiger partial charge in [-0.05, 0) is 43.2 Å². The van der Waals surface area contributed by atoms with Crippen LogP contribution in [0.2, 0.25) is 0 Å². The van der Waals surface area contributed by atoms with E-state index < -0.39 is 5.97 Å². The molecule has 124 valence electrons. The minimum absolute atomic E-state index is 0.0524. The van der Waals surface area contributed by atoms with E-state index in [1.54, 1.807) is 0 Å². The van der Waals surface area contributed by atoms with Crippen LogP contribution >= 0.6 is 0 Å². The van der Waals surface area contributed by atoms with Crippen LogP contribution in [0.25, 0.3) is 11.0 Å². The molecular weight excluding hydrogens is 304 g/mol. The van der Waals surface area contributed by atoms with E-state index in [1.165, 1.54) is 0 Å². The lowest BCUT2D eigenvalue weighted by atomic mass is 10.1. The predicted molar refractivity (Wildman–Crippen MR) is 92.2 cm³/mol. The maximum absolute atomic E-state index is 10.9. The first kappa shape index (κ1) is 16.1. The fourth-order valence-electron chi connectivity index (χ4n) is 2.70. The van der Waals surface area contributed by atoms with Crippen molar-refractivity contribution in [2.75, 3.05) is 0 Å². The van der Waals surface area contributed by atoms with Crippen molar-refractivity contribution in [1.29, 1.82) is 0 Å². The Bertz CT molecular complexity index is 883. The smallest absolute Gasteiger partial charge is 0.305 e. The van der Waals surface area contributed by atoms with Crippen molar-refractivity contribution >= 4 is 17.0 Å². The van der Waals surface area contributed by atoms with Gasteiger partial charge in [0, 0.05) is 6.54 Å². The Morgan fingerprint density at radius 3 is 2.79 bits per heavy atom. The lowest BCUT2D eigenvalue weighted by Crippen LogP contribution is -2.10. The summed E-state index contributed by atoms with van der Waals surface area (Å²) >= 11 is 0. The standard InChI is InChI=1S/C19H20N2O3/c1-13-7-8-14(2)17(11-13)24-12-18-20-15-5-3-4-6-16(15)21(18)10-9-19(22)23/h3-8,11H,9-10,12H2,1-2H3,(H,22,23). The number of benzene rings is 2. The molecule has 1 N–H and O–H groups in total. The number of hydrogen-bond acceptors (Lipinski definition) is 3. The lowest BCUT2D eigenvalue weighted by molar-refractivity contribution is -0.137. The molecule has 0 aliphatic carbocycles. The zero-order chi connectivity index (χ0) is 17.1. The zero-order valence-corrected chi connectivity index (χ0v) is 13.8. The third-order valence-electron chi connectivity index (χ3n) is 3.98. The minimum atomic E-state index is -0.825. The molecule has 0 saturated heterocycles. The number of rotatable bonds is 6. The van der Waals surface area contributed by atoms with E-state index in [0.29, 0.717) is 13.2 Å². The largest absolute Gasteiger partial charge is 0.485 e. The molecule has 1 aromatic heterocycles. The number of nitrogens with zero attached hydrogens (tertiary/aromatic N) is 2. The van der Waals surface area contributed by atoms with Crippen LogP contribution in [-0.4, -0.2) is 20.6 Å². The average molecular weight is 324 g/mol. The van der Waals surface area contributed by atoms with Gasteiger partial charge in [0.1, 0.15) is 18.2 Å². The molecule has 0 spiro atoms. The number of hydrogen-bond donors (Lipinski definition) is 1. The van der Waals surface area contributed by atoms with E-state index in [9.17, 15) is 4.79 Å². The van der Waals surface area contributed by atoms with Crippen LogP contribution in [0.5, 0.6) is 5.75 Å². The minimum Gasteiger partial charge on any atom is -0.485 e. The molecule has 24 heavy (non-hydrogen) atoms. The molecule has 0 unspecified atom stereocenters. The molecule has 5 nitrogen and oxygen atoms in total. The molecule has 0 bridgehead atoms. The van der Waals surface area contributed by atoms with E-state index in [1.807, 2.05) is 60.9 Å². The second-order valence-electron chi connectivity index (χ2n) is 5.87. The van der Waals surface area contributed by atoms with Gasteiger partial charge in [-0.1, -0.05) is 24.3 Å². The highest BCUT2D eigenvalue weighted by atomic mass is 16.5. The number of aryl methyl sites for hydroxylation is 3. The second-order valence-corrected chi connectivity index (χ2v) is 5.87. The van der Waals surface area contributed by atoms with Crippen molar-refractivity contribution in [3.8, 4) is 5.75 Å². The Hall–Kier alpha value is -2.82. The van der Waals surface area contributed by atoms with E-state index in [4.69, 9.17) is 9.84 Å². The summed E-state index contributed by atoms with van der Waals surface area (Å²) in [6.45, 7) is 4.70. The SMILES string of the molecule is Cc1ccc(C)c(OCc2nc3ccccc3n2CCC(=O)O)c1. The number of carboxylic acid groups (broad SMARTS) is 1. The molecule has 3 rings (SSSR count). The number of aliphatic carboxylic acids is 1. The van der Waals surface area contributed by atoms with E-state index in [2.05, 4.69) is 4.98 Å². The van der Waals surface area contributed by atoms with Gasteiger partial charge in [-0.15, -0.1) is 0 Å². The van der Waals surface area contributed by atoms with Crippen molar-refractivity contribution in [2.24, 2.45) is 0 Å². The van der Waals surface area contributed by atoms with Gasteiger partial charge in [0.25, 0.3) is 0 Å². The molecule has 1 heterocycles. The highest BCUT2D eigenvalue weighted by Crippen LogP contribution is 2.22. The fourth-order valence-corrected chi connectivity index (χ4v) is 2.70. The Morgan fingerprint density at radius 1 is 1.21 bits per heavy atom. The normalized spacial score (nSPS) is 10.9. The first-order chi connectivity index (χ1) is 11.5. The molecule has 5 heteroatoms. The molecule has 0 atom stereocenters. The van der Waals surface area contributed by atoms with Crippen LogP contribution in [0.4, 0.5) is 0 Å². The quantitative estimate of drug-likeness (QED) is 0.751. The first-order valence-corrected chi connectivity index (χ1v) is 7.90. The summed E-state index contributed by atoms with van der Waals surface area (Å²) < 4.78 is 7.88. The molecule has 0 aliphatic rings. The summed E-state index contributed by atoms with van der Waals surface area (Å²) in [4.78, 5) is 15.5. The second kappa shape index (κ2) is 6.74. The van der Waals surface area contributed by atoms with Crippen molar-refractivity contribution < 1.29 is 14.6 Å². The third kappa shape index (κ3) is 3.40. The Morgan fingerprint density at radius 2 is 2.00 bits per heavy atom. The summed E-state index contributed by atoms with van der Waals surface area (Å²) in [5.74, 6) is 0.736. The van der Waals surface area contributed by atoms with Crippen molar-refractivity contribution in [1.82, 2.24) is 9.55 Å².